The lowest BCUT2D eigenvalue weighted by molar-refractivity contribution is 0.0671. The number of halogens is 1. The van der Waals surface area contributed by atoms with Crippen molar-refractivity contribution in [2.24, 2.45) is 0 Å². The molecule has 1 saturated heterocycles. The Morgan fingerprint density at radius 2 is 1.77 bits per heavy atom. The van der Waals surface area contributed by atoms with Crippen LogP contribution in [0.4, 0.5) is 4.39 Å². The van der Waals surface area contributed by atoms with Crippen LogP contribution >= 0.6 is 0 Å². The van der Waals surface area contributed by atoms with E-state index in [1.165, 1.54) is 16.4 Å². The third-order valence-corrected chi connectivity index (χ3v) is 7.60. The van der Waals surface area contributed by atoms with E-state index >= 15 is 0 Å². The second-order valence-corrected chi connectivity index (χ2v) is 9.69. The molecule has 7 heteroatoms. The molecule has 1 atom stereocenters. The number of carbonyl (C=O) groups excluding carboxylic acids is 1. The summed E-state index contributed by atoms with van der Waals surface area (Å²) in [6, 6.07) is 13.2. The minimum absolute atomic E-state index is 0.0510. The van der Waals surface area contributed by atoms with Crippen molar-refractivity contribution < 1.29 is 17.6 Å². The molecule has 2 aromatic carbocycles. The van der Waals surface area contributed by atoms with Crippen LogP contribution < -0.4 is 0 Å². The van der Waals surface area contributed by atoms with Gasteiger partial charge >= 0.3 is 0 Å². The Kier molecular flexibility index (Phi) is 7.26. The molecular weight excluding hydrogens is 403 g/mol. The van der Waals surface area contributed by atoms with Crippen LogP contribution in [0.25, 0.3) is 0 Å². The summed E-state index contributed by atoms with van der Waals surface area (Å²) < 4.78 is 41.8. The minimum Gasteiger partial charge on any atom is -0.332 e. The van der Waals surface area contributed by atoms with Crippen molar-refractivity contribution in [2.75, 3.05) is 13.1 Å². The van der Waals surface area contributed by atoms with Gasteiger partial charge in [-0.1, -0.05) is 43.7 Å². The first-order valence-corrected chi connectivity index (χ1v) is 11.9. The Hall–Kier alpha value is -2.25. The average molecular weight is 433 g/mol. The molecule has 0 aromatic heterocycles. The molecule has 1 amide bonds. The van der Waals surface area contributed by atoms with Crippen LogP contribution in [0.3, 0.4) is 0 Å². The van der Waals surface area contributed by atoms with E-state index in [9.17, 15) is 17.6 Å². The van der Waals surface area contributed by atoms with Crippen molar-refractivity contribution >= 4 is 15.9 Å². The largest absolute Gasteiger partial charge is 0.332 e. The maximum atomic E-state index is 14.5. The predicted octanol–water partition coefficient (Wildman–Crippen LogP) is 4.44. The van der Waals surface area contributed by atoms with E-state index in [2.05, 4.69) is 0 Å². The Labute approximate surface area is 178 Å². The molecule has 30 heavy (non-hydrogen) atoms. The third-order valence-electron chi connectivity index (χ3n) is 5.69. The number of benzene rings is 2. The van der Waals surface area contributed by atoms with Crippen LogP contribution in [0.1, 0.15) is 55.5 Å². The summed E-state index contributed by atoms with van der Waals surface area (Å²) in [6.07, 6.45) is 3.24. The first-order chi connectivity index (χ1) is 14.3. The fraction of sp³-hybridized carbons (Fsp3) is 0.435. The van der Waals surface area contributed by atoms with Gasteiger partial charge in [-0.2, -0.15) is 4.31 Å². The zero-order valence-electron chi connectivity index (χ0n) is 17.6. The summed E-state index contributed by atoms with van der Waals surface area (Å²) in [4.78, 5) is 14.6. The first-order valence-electron chi connectivity index (χ1n) is 10.5. The molecule has 1 heterocycles. The molecule has 3 rings (SSSR count). The van der Waals surface area contributed by atoms with E-state index in [-0.39, 0.29) is 17.5 Å². The number of hydrogen-bond acceptors (Lipinski definition) is 3. The molecule has 5 nitrogen and oxygen atoms in total. The zero-order chi connectivity index (χ0) is 21.7. The van der Waals surface area contributed by atoms with Crippen LogP contribution in [-0.4, -0.2) is 42.7 Å². The second-order valence-electron chi connectivity index (χ2n) is 7.79. The maximum Gasteiger partial charge on any atom is 0.254 e. The third kappa shape index (κ3) is 4.90. The number of nitrogens with zero attached hydrogens (tertiary/aromatic N) is 2. The lowest BCUT2D eigenvalue weighted by Gasteiger charge is -2.29. The van der Waals surface area contributed by atoms with Crippen molar-refractivity contribution in [3.63, 3.8) is 0 Å². The highest BCUT2D eigenvalue weighted by Gasteiger charge is 2.30. The average Bonchev–Trinajstić information content (AvgIpc) is 2.78. The minimum atomic E-state index is -3.97. The van der Waals surface area contributed by atoms with Gasteiger partial charge in [-0.25, -0.2) is 12.8 Å². The molecule has 0 N–H and O–H groups in total. The lowest BCUT2D eigenvalue weighted by atomic mass is 10.1. The highest BCUT2D eigenvalue weighted by molar-refractivity contribution is 7.89. The standard InChI is InChI=1S/C23H29FN2O3S/c1-3-18(2)26(17-19-10-6-4-7-11-19)23(27)20-12-13-21(24)22(16-20)30(28,29)25-14-8-5-9-15-25/h4,6-7,10-13,16,18H,3,5,8-9,14-15,17H2,1-2H3/t18-/m1/s1. The molecule has 0 unspecified atom stereocenters. The fourth-order valence-electron chi connectivity index (χ4n) is 3.67. The summed E-state index contributed by atoms with van der Waals surface area (Å²) in [5.41, 5.74) is 1.16. The van der Waals surface area contributed by atoms with Crippen molar-refractivity contribution in [1.29, 1.82) is 0 Å². The van der Waals surface area contributed by atoms with Crippen LogP contribution in [-0.2, 0) is 16.6 Å². The van der Waals surface area contributed by atoms with E-state index in [0.29, 0.717) is 19.6 Å². The van der Waals surface area contributed by atoms with Gasteiger partial charge in [0, 0.05) is 31.2 Å². The van der Waals surface area contributed by atoms with Gasteiger partial charge in [-0.05, 0) is 49.9 Å². The quantitative estimate of drug-likeness (QED) is 0.650. The van der Waals surface area contributed by atoms with Crippen LogP contribution in [0.2, 0.25) is 0 Å². The molecule has 0 radical (unpaired) electrons. The van der Waals surface area contributed by atoms with Gasteiger partial charge in [0.15, 0.2) is 0 Å². The smallest absolute Gasteiger partial charge is 0.254 e. The molecule has 0 aliphatic carbocycles. The number of amides is 1. The van der Waals surface area contributed by atoms with Crippen molar-refractivity contribution in [1.82, 2.24) is 9.21 Å². The summed E-state index contributed by atoms with van der Waals surface area (Å²) in [5.74, 6) is -1.13. The Bertz CT molecular complexity index is 973. The highest BCUT2D eigenvalue weighted by atomic mass is 32.2. The number of sulfonamides is 1. The normalized spacial score (nSPS) is 16.2. The van der Waals surface area contributed by atoms with Crippen LogP contribution in [0.5, 0.6) is 0 Å². The summed E-state index contributed by atoms with van der Waals surface area (Å²) in [5, 5.41) is 0. The molecule has 1 aliphatic rings. The monoisotopic (exact) mass is 432 g/mol. The molecule has 2 aromatic rings. The van der Waals surface area contributed by atoms with Gasteiger partial charge in [-0.3, -0.25) is 4.79 Å². The number of piperidine rings is 1. The summed E-state index contributed by atoms with van der Waals surface area (Å²) in [6.45, 7) is 5.11. The van der Waals surface area contributed by atoms with Crippen molar-refractivity contribution in [2.45, 2.75) is 57.0 Å². The van der Waals surface area contributed by atoms with Crippen molar-refractivity contribution in [3.8, 4) is 0 Å². The zero-order valence-corrected chi connectivity index (χ0v) is 18.4. The lowest BCUT2D eigenvalue weighted by Crippen LogP contribution is -2.38. The van der Waals surface area contributed by atoms with E-state index in [4.69, 9.17) is 0 Å². The Morgan fingerprint density at radius 1 is 1.10 bits per heavy atom. The Morgan fingerprint density at radius 3 is 2.40 bits per heavy atom. The number of rotatable bonds is 7. The van der Waals surface area contributed by atoms with Gasteiger partial charge < -0.3 is 4.90 Å². The van der Waals surface area contributed by atoms with E-state index in [1.807, 2.05) is 44.2 Å². The molecule has 0 spiro atoms. The fourth-order valence-corrected chi connectivity index (χ4v) is 5.28. The molecule has 0 saturated carbocycles. The molecular formula is C23H29FN2O3S. The van der Waals surface area contributed by atoms with E-state index in [1.54, 1.807) is 4.90 Å². The number of hydrogen-bond donors (Lipinski definition) is 0. The molecule has 162 valence electrons. The molecule has 1 aliphatic heterocycles. The molecule has 1 fully saturated rings. The topological polar surface area (TPSA) is 57.7 Å². The van der Waals surface area contributed by atoms with Gasteiger partial charge in [0.05, 0.1) is 0 Å². The van der Waals surface area contributed by atoms with Crippen LogP contribution in [0, 0.1) is 5.82 Å². The predicted molar refractivity (Wildman–Crippen MR) is 115 cm³/mol. The summed E-state index contributed by atoms with van der Waals surface area (Å²) >= 11 is 0. The first kappa shape index (κ1) is 22.4. The maximum absolute atomic E-state index is 14.5. The van der Waals surface area contributed by atoms with Gasteiger partial charge in [0.25, 0.3) is 5.91 Å². The van der Waals surface area contributed by atoms with E-state index < -0.39 is 20.7 Å². The SMILES string of the molecule is CC[C@@H](C)N(Cc1ccccc1)C(=O)c1ccc(F)c(S(=O)(=O)N2CCCCC2)c1. The number of carbonyl (C=O) groups is 1. The van der Waals surface area contributed by atoms with Crippen LogP contribution in [0.15, 0.2) is 53.4 Å². The molecule has 0 bridgehead atoms. The van der Waals surface area contributed by atoms with Crippen molar-refractivity contribution in [3.05, 3.63) is 65.5 Å². The highest BCUT2D eigenvalue weighted by Crippen LogP contribution is 2.25. The second kappa shape index (κ2) is 9.71. The Balaban J connectivity index is 1.93. The van der Waals surface area contributed by atoms with E-state index in [0.717, 1.165) is 37.3 Å². The van der Waals surface area contributed by atoms with Gasteiger partial charge in [0.1, 0.15) is 10.7 Å². The van der Waals surface area contributed by atoms with Gasteiger partial charge in [-0.15, -0.1) is 0 Å². The summed E-state index contributed by atoms with van der Waals surface area (Å²) in [7, 11) is -3.97. The van der Waals surface area contributed by atoms with Gasteiger partial charge in [0.2, 0.25) is 10.0 Å².